The zero-order valence-electron chi connectivity index (χ0n) is 9.20. The minimum absolute atomic E-state index is 0. The van der Waals surface area contributed by atoms with E-state index in [4.69, 9.17) is 0 Å². The molecule has 1 radical (unpaired) electrons. The Hall–Kier alpha value is -0.534. The Kier molecular flexibility index (Phi) is 4.62. The van der Waals surface area contributed by atoms with E-state index in [1.165, 1.54) is 25.7 Å². The van der Waals surface area contributed by atoms with Crippen LogP contribution in [0.2, 0.25) is 0 Å². The van der Waals surface area contributed by atoms with Gasteiger partial charge in [0.25, 0.3) is 0 Å². The molecule has 15 heavy (non-hydrogen) atoms. The third-order valence-electron chi connectivity index (χ3n) is 3.19. The van der Waals surface area contributed by atoms with Gasteiger partial charge in [0.15, 0.2) is 0 Å². The number of rotatable bonds is 1. The second-order valence-corrected chi connectivity index (χ2v) is 4.37. The SMILES string of the molecule is CC1(C2=CC=CCCCC2)C=CC=C1.[Co]. The van der Waals surface area contributed by atoms with Gasteiger partial charge in [-0.3, -0.25) is 0 Å². The standard InChI is InChI=1S/C14H18.Co/c1-14(11-7-8-12-14)13-9-5-3-2-4-6-10-13;/h3,5,7-9,11-12H,2,4,6,10H2,1H3;. The van der Waals surface area contributed by atoms with Crippen LogP contribution in [-0.4, -0.2) is 0 Å². The molecule has 0 atom stereocenters. The van der Waals surface area contributed by atoms with Gasteiger partial charge in [-0.1, -0.05) is 48.1 Å². The first-order valence-corrected chi connectivity index (χ1v) is 5.54. The number of allylic oxidation sites excluding steroid dienone is 8. The van der Waals surface area contributed by atoms with Gasteiger partial charge in [-0.2, -0.15) is 0 Å². The van der Waals surface area contributed by atoms with Crippen LogP contribution in [0.1, 0.15) is 32.6 Å². The molecule has 2 aliphatic rings. The maximum atomic E-state index is 2.30. The molecule has 0 saturated heterocycles. The molecule has 2 aliphatic carbocycles. The Morgan fingerprint density at radius 1 is 1.07 bits per heavy atom. The van der Waals surface area contributed by atoms with Crippen LogP contribution in [0.5, 0.6) is 0 Å². The van der Waals surface area contributed by atoms with Crippen LogP contribution < -0.4 is 0 Å². The summed E-state index contributed by atoms with van der Waals surface area (Å²) >= 11 is 0. The molecule has 0 amide bonds. The fourth-order valence-corrected chi connectivity index (χ4v) is 2.17. The summed E-state index contributed by atoms with van der Waals surface area (Å²) in [5.41, 5.74) is 1.75. The van der Waals surface area contributed by atoms with Crippen LogP contribution in [0.4, 0.5) is 0 Å². The Bertz CT molecular complexity index is 306. The van der Waals surface area contributed by atoms with Crippen molar-refractivity contribution >= 4 is 0 Å². The largest absolute Gasteiger partial charge is 0.0845 e. The van der Waals surface area contributed by atoms with E-state index in [2.05, 4.69) is 49.5 Å². The van der Waals surface area contributed by atoms with Gasteiger partial charge in [0.1, 0.15) is 0 Å². The molecule has 0 spiro atoms. The van der Waals surface area contributed by atoms with Gasteiger partial charge in [-0.05, 0) is 32.6 Å². The monoisotopic (exact) mass is 245 g/mol. The Balaban J connectivity index is 0.00000112. The van der Waals surface area contributed by atoms with Gasteiger partial charge in [0.05, 0.1) is 0 Å². The number of hydrogen-bond donors (Lipinski definition) is 0. The second kappa shape index (κ2) is 5.52. The first kappa shape index (κ1) is 12.5. The van der Waals surface area contributed by atoms with Crippen molar-refractivity contribution in [2.24, 2.45) is 5.41 Å². The van der Waals surface area contributed by atoms with E-state index >= 15 is 0 Å². The zero-order valence-corrected chi connectivity index (χ0v) is 10.2. The molecule has 0 heterocycles. The summed E-state index contributed by atoms with van der Waals surface area (Å²) in [6.07, 6.45) is 20.9. The van der Waals surface area contributed by atoms with Crippen LogP contribution in [-0.2, 0) is 16.8 Å². The number of hydrogen-bond acceptors (Lipinski definition) is 0. The predicted molar refractivity (Wildman–Crippen MR) is 62.1 cm³/mol. The van der Waals surface area contributed by atoms with Crippen molar-refractivity contribution in [3.63, 3.8) is 0 Å². The Labute approximate surface area is 103 Å². The van der Waals surface area contributed by atoms with Crippen molar-refractivity contribution in [1.82, 2.24) is 0 Å². The minimum atomic E-state index is 0. The Morgan fingerprint density at radius 3 is 2.53 bits per heavy atom. The topological polar surface area (TPSA) is 0 Å². The molecular formula is C14H18Co. The first-order valence-electron chi connectivity index (χ1n) is 5.54. The summed E-state index contributed by atoms with van der Waals surface area (Å²) in [4.78, 5) is 0. The van der Waals surface area contributed by atoms with Gasteiger partial charge >= 0.3 is 0 Å². The first-order chi connectivity index (χ1) is 6.81. The van der Waals surface area contributed by atoms with Gasteiger partial charge in [-0.25, -0.2) is 0 Å². The van der Waals surface area contributed by atoms with E-state index in [1.807, 2.05) is 0 Å². The molecule has 0 N–H and O–H groups in total. The van der Waals surface area contributed by atoms with Crippen molar-refractivity contribution in [3.05, 3.63) is 48.1 Å². The maximum absolute atomic E-state index is 2.30. The summed E-state index contributed by atoms with van der Waals surface area (Å²) in [7, 11) is 0. The fraction of sp³-hybridized carbons (Fsp3) is 0.429. The zero-order chi connectivity index (χ0) is 9.86. The molecule has 0 aromatic carbocycles. The normalized spacial score (nSPS) is 22.9. The van der Waals surface area contributed by atoms with Crippen molar-refractivity contribution in [2.45, 2.75) is 32.6 Å². The van der Waals surface area contributed by atoms with E-state index in [0.717, 1.165) is 0 Å². The summed E-state index contributed by atoms with van der Waals surface area (Å²) in [5.74, 6) is 0. The van der Waals surface area contributed by atoms with E-state index in [0.29, 0.717) is 0 Å². The smallest absolute Gasteiger partial charge is 0.0252 e. The maximum Gasteiger partial charge on any atom is 0.0252 e. The molecular weight excluding hydrogens is 227 g/mol. The fourth-order valence-electron chi connectivity index (χ4n) is 2.17. The summed E-state index contributed by atoms with van der Waals surface area (Å²) in [6.45, 7) is 2.30. The third-order valence-corrected chi connectivity index (χ3v) is 3.19. The molecule has 2 rings (SSSR count). The molecule has 0 saturated carbocycles. The van der Waals surface area contributed by atoms with Crippen molar-refractivity contribution < 1.29 is 16.8 Å². The molecule has 0 bridgehead atoms. The molecule has 0 nitrogen and oxygen atoms in total. The molecule has 0 aromatic rings. The third kappa shape index (κ3) is 2.96. The van der Waals surface area contributed by atoms with Crippen LogP contribution in [0.25, 0.3) is 0 Å². The van der Waals surface area contributed by atoms with Gasteiger partial charge in [0, 0.05) is 22.2 Å². The van der Waals surface area contributed by atoms with E-state index in [1.54, 1.807) is 5.57 Å². The quantitative estimate of drug-likeness (QED) is 0.650. The van der Waals surface area contributed by atoms with Crippen molar-refractivity contribution in [3.8, 4) is 0 Å². The second-order valence-electron chi connectivity index (χ2n) is 4.37. The van der Waals surface area contributed by atoms with E-state index < -0.39 is 0 Å². The van der Waals surface area contributed by atoms with Crippen LogP contribution >= 0.6 is 0 Å². The molecule has 83 valence electrons. The van der Waals surface area contributed by atoms with E-state index in [-0.39, 0.29) is 22.2 Å². The average Bonchev–Trinajstić information content (AvgIpc) is 2.52. The van der Waals surface area contributed by atoms with Crippen LogP contribution in [0.3, 0.4) is 0 Å². The van der Waals surface area contributed by atoms with Gasteiger partial charge in [-0.15, -0.1) is 0 Å². The Morgan fingerprint density at radius 2 is 1.80 bits per heavy atom. The van der Waals surface area contributed by atoms with Crippen molar-refractivity contribution in [2.75, 3.05) is 0 Å². The van der Waals surface area contributed by atoms with Gasteiger partial charge in [0.2, 0.25) is 0 Å². The molecule has 0 aliphatic heterocycles. The van der Waals surface area contributed by atoms with E-state index in [9.17, 15) is 0 Å². The van der Waals surface area contributed by atoms with Crippen LogP contribution in [0.15, 0.2) is 48.1 Å². The molecule has 0 fully saturated rings. The molecule has 0 unspecified atom stereocenters. The summed E-state index contributed by atoms with van der Waals surface area (Å²) in [5, 5.41) is 0. The molecule has 0 aromatic heterocycles. The molecule has 1 heteroatoms. The predicted octanol–water partition coefficient (Wildman–Crippen LogP) is 4.17. The average molecular weight is 245 g/mol. The van der Waals surface area contributed by atoms with Gasteiger partial charge < -0.3 is 0 Å². The van der Waals surface area contributed by atoms with Crippen molar-refractivity contribution in [1.29, 1.82) is 0 Å². The summed E-state index contributed by atoms with van der Waals surface area (Å²) < 4.78 is 0. The van der Waals surface area contributed by atoms with Crippen LogP contribution in [0, 0.1) is 5.41 Å². The minimum Gasteiger partial charge on any atom is -0.0845 e. The summed E-state index contributed by atoms with van der Waals surface area (Å²) in [6, 6.07) is 0.